The summed E-state index contributed by atoms with van der Waals surface area (Å²) in [6.07, 6.45) is 7.99. The average molecular weight is 424 g/mol. The molecule has 2 aromatic carbocycles. The molecule has 30 heavy (non-hydrogen) atoms. The Bertz CT molecular complexity index is 1080. The molecule has 4 nitrogen and oxygen atoms in total. The third kappa shape index (κ3) is 5.47. The molecular formula is C25H26ClNO3. The lowest BCUT2D eigenvalue weighted by Gasteiger charge is -2.25. The van der Waals surface area contributed by atoms with Crippen LogP contribution in [0.15, 0.2) is 63.8 Å². The molecule has 0 N–H and O–H groups in total. The molecule has 0 aliphatic carbocycles. The van der Waals surface area contributed by atoms with E-state index in [1.807, 2.05) is 60.7 Å². The summed E-state index contributed by atoms with van der Waals surface area (Å²) >= 11 is 0. The minimum absolute atomic E-state index is 0. The van der Waals surface area contributed by atoms with Crippen molar-refractivity contribution in [3.63, 3.8) is 0 Å². The van der Waals surface area contributed by atoms with Crippen LogP contribution in [0.3, 0.4) is 0 Å². The van der Waals surface area contributed by atoms with E-state index in [1.54, 1.807) is 6.07 Å². The highest BCUT2D eigenvalue weighted by atomic mass is 35.5. The van der Waals surface area contributed by atoms with E-state index in [0.29, 0.717) is 18.5 Å². The first kappa shape index (κ1) is 22.0. The molecule has 156 valence electrons. The number of carbonyl (C=O) groups excluding carboxylic acids is 1. The van der Waals surface area contributed by atoms with E-state index < -0.39 is 5.63 Å². The summed E-state index contributed by atoms with van der Waals surface area (Å²) in [5.74, 6) is -0.140. The van der Waals surface area contributed by atoms with E-state index >= 15 is 0 Å². The highest BCUT2D eigenvalue weighted by molar-refractivity contribution is 5.98. The van der Waals surface area contributed by atoms with Crippen LogP contribution < -0.4 is 5.63 Å². The van der Waals surface area contributed by atoms with E-state index in [9.17, 15) is 9.59 Å². The van der Waals surface area contributed by atoms with Gasteiger partial charge in [-0.2, -0.15) is 0 Å². The third-order valence-corrected chi connectivity index (χ3v) is 5.43. The maximum absolute atomic E-state index is 12.6. The summed E-state index contributed by atoms with van der Waals surface area (Å²) in [7, 11) is 0. The van der Waals surface area contributed by atoms with Crippen LogP contribution in [0.25, 0.3) is 23.1 Å². The number of likely N-dealkylation sites (tertiary alicyclic amines) is 1. The van der Waals surface area contributed by atoms with Crippen LogP contribution in [0, 0.1) is 0 Å². The number of hydrogen-bond acceptors (Lipinski definition) is 4. The van der Waals surface area contributed by atoms with Crippen LogP contribution in [0.2, 0.25) is 0 Å². The highest BCUT2D eigenvalue weighted by Crippen LogP contribution is 2.18. The lowest BCUT2D eigenvalue weighted by molar-refractivity contribution is 0.0955. The molecule has 0 spiro atoms. The van der Waals surface area contributed by atoms with Gasteiger partial charge < -0.3 is 9.32 Å². The Balaban J connectivity index is 0.00000256. The van der Waals surface area contributed by atoms with E-state index in [1.165, 1.54) is 19.3 Å². The van der Waals surface area contributed by atoms with Gasteiger partial charge >= 0.3 is 5.63 Å². The van der Waals surface area contributed by atoms with Gasteiger partial charge in [-0.1, -0.05) is 61.0 Å². The molecule has 5 heteroatoms. The molecule has 0 bridgehead atoms. The summed E-state index contributed by atoms with van der Waals surface area (Å²) in [5.41, 5.74) is 2.14. The molecule has 1 aliphatic heterocycles. The third-order valence-electron chi connectivity index (χ3n) is 5.43. The van der Waals surface area contributed by atoms with Crippen LogP contribution in [-0.2, 0) is 0 Å². The lowest BCUT2D eigenvalue weighted by Crippen LogP contribution is -2.32. The van der Waals surface area contributed by atoms with Gasteiger partial charge in [0, 0.05) is 18.4 Å². The largest absolute Gasteiger partial charge is 0.422 e. The molecule has 0 radical (unpaired) electrons. The van der Waals surface area contributed by atoms with Gasteiger partial charge in [-0.15, -0.1) is 12.4 Å². The van der Waals surface area contributed by atoms with Crippen LogP contribution >= 0.6 is 12.4 Å². The molecule has 2 heterocycles. The number of carbonyl (C=O) groups is 1. The van der Waals surface area contributed by atoms with Crippen molar-refractivity contribution in [2.75, 3.05) is 19.6 Å². The van der Waals surface area contributed by atoms with Crippen molar-refractivity contribution >= 4 is 41.3 Å². The van der Waals surface area contributed by atoms with Gasteiger partial charge in [-0.3, -0.25) is 4.79 Å². The summed E-state index contributed by atoms with van der Waals surface area (Å²) in [4.78, 5) is 27.3. The number of Topliss-reactive ketones (excluding diaryl/α,β-unsaturated/α-hetero) is 1. The Kier molecular flexibility index (Phi) is 7.61. The number of halogens is 1. The number of nitrogens with zero attached hydrogens (tertiary/aromatic N) is 1. The maximum atomic E-state index is 12.6. The zero-order chi connectivity index (χ0) is 20.1. The quantitative estimate of drug-likeness (QED) is 0.301. The van der Waals surface area contributed by atoms with E-state index in [2.05, 4.69) is 4.90 Å². The van der Waals surface area contributed by atoms with Gasteiger partial charge in [-0.25, -0.2) is 4.79 Å². The predicted molar refractivity (Wildman–Crippen MR) is 124 cm³/mol. The number of piperidine rings is 1. The Hall–Kier alpha value is -2.69. The van der Waals surface area contributed by atoms with Gasteiger partial charge in [-0.05, 0) is 49.2 Å². The van der Waals surface area contributed by atoms with Crippen molar-refractivity contribution in [3.8, 4) is 0 Å². The minimum Gasteiger partial charge on any atom is -0.422 e. The second-order valence-electron chi connectivity index (χ2n) is 7.56. The predicted octanol–water partition coefficient (Wildman–Crippen LogP) is 5.44. The Morgan fingerprint density at radius 3 is 2.43 bits per heavy atom. The number of rotatable bonds is 6. The monoisotopic (exact) mass is 423 g/mol. The van der Waals surface area contributed by atoms with Crippen LogP contribution in [0.5, 0.6) is 0 Å². The van der Waals surface area contributed by atoms with E-state index in [0.717, 1.165) is 29.6 Å². The van der Waals surface area contributed by atoms with Gasteiger partial charge in [0.1, 0.15) is 11.1 Å². The lowest BCUT2D eigenvalue weighted by atomic mass is 10.1. The van der Waals surface area contributed by atoms with Crippen molar-refractivity contribution in [2.24, 2.45) is 0 Å². The fraction of sp³-hybridized carbons (Fsp3) is 0.280. The van der Waals surface area contributed by atoms with Crippen molar-refractivity contribution in [1.82, 2.24) is 4.90 Å². The van der Waals surface area contributed by atoms with E-state index in [-0.39, 0.29) is 23.8 Å². The van der Waals surface area contributed by atoms with Crippen molar-refractivity contribution < 1.29 is 9.21 Å². The molecule has 1 saturated heterocycles. The first-order valence-electron chi connectivity index (χ1n) is 10.3. The van der Waals surface area contributed by atoms with Gasteiger partial charge in [0.05, 0.1) is 0 Å². The summed E-state index contributed by atoms with van der Waals surface area (Å²) in [5, 5.41) is 0.766. The average Bonchev–Trinajstić information content (AvgIpc) is 2.77. The van der Waals surface area contributed by atoms with Crippen molar-refractivity contribution in [1.29, 1.82) is 0 Å². The highest BCUT2D eigenvalue weighted by Gasteiger charge is 2.16. The van der Waals surface area contributed by atoms with Gasteiger partial charge in [0.25, 0.3) is 0 Å². The second kappa shape index (κ2) is 10.4. The summed E-state index contributed by atoms with van der Waals surface area (Å²) in [6, 6.07) is 17.4. The number of hydrogen-bond donors (Lipinski definition) is 0. The molecule has 4 rings (SSSR count). The first-order valence-corrected chi connectivity index (χ1v) is 10.3. The number of benzene rings is 2. The zero-order valence-electron chi connectivity index (χ0n) is 16.9. The molecule has 1 aromatic heterocycles. The van der Waals surface area contributed by atoms with Crippen LogP contribution in [0.4, 0.5) is 0 Å². The molecule has 1 aliphatic rings. The molecule has 0 saturated carbocycles. The maximum Gasteiger partial charge on any atom is 0.347 e. The molecule has 0 amide bonds. The SMILES string of the molecule is Cl.O=C(CCN1CCCCC1)c1cc2ccc(C=Cc3ccccc3)cc2oc1=O. The molecule has 1 fully saturated rings. The van der Waals surface area contributed by atoms with E-state index in [4.69, 9.17) is 4.42 Å². The van der Waals surface area contributed by atoms with Gasteiger partial charge in [0.2, 0.25) is 0 Å². The van der Waals surface area contributed by atoms with Crippen molar-refractivity contribution in [2.45, 2.75) is 25.7 Å². The Morgan fingerprint density at radius 1 is 0.933 bits per heavy atom. The smallest absolute Gasteiger partial charge is 0.347 e. The fourth-order valence-corrected chi connectivity index (χ4v) is 3.76. The summed E-state index contributed by atoms with van der Waals surface area (Å²) < 4.78 is 5.47. The normalized spacial score (nSPS) is 14.7. The molecule has 3 aromatic rings. The molecular weight excluding hydrogens is 398 g/mol. The fourth-order valence-electron chi connectivity index (χ4n) is 3.76. The van der Waals surface area contributed by atoms with Crippen LogP contribution in [0.1, 0.15) is 47.2 Å². The molecule has 0 unspecified atom stereocenters. The zero-order valence-corrected chi connectivity index (χ0v) is 17.7. The second-order valence-corrected chi connectivity index (χ2v) is 7.56. The number of fused-ring (bicyclic) bond motifs is 1. The first-order chi connectivity index (χ1) is 14.2. The van der Waals surface area contributed by atoms with Gasteiger partial charge in [0.15, 0.2) is 5.78 Å². The Labute approximate surface area is 182 Å². The molecule has 0 atom stereocenters. The number of ketones is 1. The standard InChI is InChI=1S/C25H25NO3.ClH/c27-23(13-16-26-14-5-2-6-15-26)22-18-21-12-11-20(17-24(21)29-25(22)28)10-9-19-7-3-1-4-8-19;/h1,3-4,7-12,17-18H,2,5-6,13-16H2;1H. The summed E-state index contributed by atoms with van der Waals surface area (Å²) in [6.45, 7) is 2.79. The Morgan fingerprint density at radius 2 is 1.67 bits per heavy atom. The minimum atomic E-state index is -0.551. The van der Waals surface area contributed by atoms with Crippen molar-refractivity contribution in [3.05, 3.63) is 81.7 Å². The van der Waals surface area contributed by atoms with Crippen LogP contribution in [-0.4, -0.2) is 30.3 Å². The topological polar surface area (TPSA) is 50.5 Å².